The van der Waals surface area contributed by atoms with Crippen LogP contribution in [0.5, 0.6) is 11.5 Å². The molecule has 0 atom stereocenters. The Morgan fingerprint density at radius 1 is 1.19 bits per heavy atom. The molecule has 0 aliphatic heterocycles. The Morgan fingerprint density at radius 3 is 2.72 bits per heavy atom. The van der Waals surface area contributed by atoms with Gasteiger partial charge in [-0.15, -0.1) is 11.3 Å². The topological polar surface area (TPSA) is 86.3 Å². The van der Waals surface area contributed by atoms with E-state index < -0.39 is 10.7 Å². The lowest BCUT2D eigenvalue weighted by Gasteiger charge is -2.17. The fourth-order valence-electron chi connectivity index (χ4n) is 3.33. The summed E-state index contributed by atoms with van der Waals surface area (Å²) < 4.78 is 22.8. The molecule has 0 aliphatic carbocycles. The van der Waals surface area contributed by atoms with Gasteiger partial charge in [0, 0.05) is 37.6 Å². The molecule has 3 heterocycles. The van der Waals surface area contributed by atoms with Gasteiger partial charge in [0.2, 0.25) is 0 Å². The number of halogens is 1. The third-order valence-corrected chi connectivity index (χ3v) is 6.34. The molecule has 10 heteroatoms. The van der Waals surface area contributed by atoms with E-state index in [2.05, 4.69) is 33.3 Å². The van der Waals surface area contributed by atoms with Gasteiger partial charge >= 0.3 is 0 Å². The van der Waals surface area contributed by atoms with Crippen molar-refractivity contribution in [3.63, 3.8) is 0 Å². The summed E-state index contributed by atoms with van der Waals surface area (Å²) in [6.07, 6.45) is 5.41. The number of rotatable bonds is 9. The molecule has 0 aliphatic rings. The zero-order valence-electron chi connectivity index (χ0n) is 17.7. The highest BCUT2D eigenvalue weighted by atomic mass is 32.1. The lowest BCUT2D eigenvalue weighted by molar-refractivity contribution is -0.385. The molecule has 32 heavy (non-hydrogen) atoms. The Balaban J connectivity index is 1.57. The first-order valence-corrected chi connectivity index (χ1v) is 11.0. The minimum Gasteiger partial charge on any atom is -0.453 e. The van der Waals surface area contributed by atoms with Crippen LogP contribution in [0, 0.1) is 15.9 Å². The Morgan fingerprint density at radius 2 is 2.00 bits per heavy atom. The number of non-ortho nitro benzene ring substituents is 1. The molecule has 0 amide bonds. The summed E-state index contributed by atoms with van der Waals surface area (Å²) in [7, 11) is 0. The number of thiophene rings is 1. The van der Waals surface area contributed by atoms with Gasteiger partial charge in [-0.2, -0.15) is 0 Å². The zero-order valence-corrected chi connectivity index (χ0v) is 18.5. The molecular weight excluding hydrogens is 433 g/mol. The molecule has 8 nitrogen and oxygen atoms in total. The molecule has 0 bridgehead atoms. The first-order chi connectivity index (χ1) is 15.5. The minimum absolute atomic E-state index is 0.0845. The number of likely N-dealkylation sites (N-methyl/N-ethyl adjacent to an activating group) is 1. The van der Waals surface area contributed by atoms with Gasteiger partial charge in [-0.1, -0.05) is 13.8 Å². The van der Waals surface area contributed by atoms with Crippen LogP contribution < -0.4 is 4.74 Å². The maximum absolute atomic E-state index is 14.3. The molecule has 0 N–H and O–H groups in total. The molecule has 4 rings (SSSR count). The number of nitro groups is 1. The van der Waals surface area contributed by atoms with E-state index in [1.807, 2.05) is 18.6 Å². The average molecular weight is 456 g/mol. The Hall–Kier alpha value is -3.37. The fourth-order valence-corrected chi connectivity index (χ4v) is 4.36. The van der Waals surface area contributed by atoms with Crippen molar-refractivity contribution in [2.45, 2.75) is 20.4 Å². The van der Waals surface area contributed by atoms with Crippen molar-refractivity contribution in [3.05, 3.63) is 65.0 Å². The molecule has 1 aromatic carbocycles. The number of hydrogen-bond acceptors (Lipinski definition) is 7. The van der Waals surface area contributed by atoms with Crippen molar-refractivity contribution >= 4 is 27.2 Å². The predicted octanol–water partition coefficient (Wildman–Crippen LogP) is 5.34. The summed E-state index contributed by atoms with van der Waals surface area (Å²) >= 11 is 1.45. The van der Waals surface area contributed by atoms with Crippen molar-refractivity contribution < 1.29 is 14.1 Å². The SMILES string of the molecule is CCN(CC)CCn1cnc(-c2cc3nccc(Oc4ccc([N+](=O)[O-])cc4F)c3s2)c1. The summed E-state index contributed by atoms with van der Waals surface area (Å²) in [5.41, 5.74) is 1.22. The fraction of sp³-hybridized carbons (Fsp3) is 0.273. The second-order valence-electron chi connectivity index (χ2n) is 7.13. The molecule has 0 saturated heterocycles. The normalized spacial score (nSPS) is 11.4. The largest absolute Gasteiger partial charge is 0.453 e. The number of nitro benzene ring substituents is 1. The van der Waals surface area contributed by atoms with Gasteiger partial charge in [-0.3, -0.25) is 15.1 Å². The molecule has 0 radical (unpaired) electrons. The van der Waals surface area contributed by atoms with Crippen molar-refractivity contribution in [3.8, 4) is 22.1 Å². The van der Waals surface area contributed by atoms with Crippen molar-refractivity contribution in [1.82, 2.24) is 19.4 Å². The third kappa shape index (κ3) is 4.61. The quantitative estimate of drug-likeness (QED) is 0.250. The molecule has 0 unspecified atom stereocenters. The van der Waals surface area contributed by atoms with Crippen LogP contribution in [0.25, 0.3) is 20.8 Å². The number of aromatic nitrogens is 3. The highest BCUT2D eigenvalue weighted by Gasteiger charge is 2.16. The summed E-state index contributed by atoms with van der Waals surface area (Å²) in [5.74, 6) is -0.452. The van der Waals surface area contributed by atoms with Crippen molar-refractivity contribution in [2.75, 3.05) is 19.6 Å². The Kier molecular flexibility index (Phi) is 6.42. The summed E-state index contributed by atoms with van der Waals surface area (Å²) in [4.78, 5) is 22.4. The first-order valence-electron chi connectivity index (χ1n) is 10.2. The number of pyridine rings is 1. The van der Waals surface area contributed by atoms with E-state index in [-0.39, 0.29) is 11.4 Å². The maximum Gasteiger partial charge on any atom is 0.272 e. The molecule has 166 valence electrons. The maximum atomic E-state index is 14.3. The Labute approximate surface area is 188 Å². The molecule has 4 aromatic rings. The standard InChI is InChI=1S/C22H22FN5O3S/c1-3-26(4-2)9-10-27-13-18(25-14-27)21-12-17-22(32-21)20(7-8-24-17)31-19-6-5-15(28(29)30)11-16(19)23/h5-8,11-14H,3-4,9-10H2,1-2H3. The van der Waals surface area contributed by atoms with Crippen LogP contribution in [0.3, 0.4) is 0 Å². The highest BCUT2D eigenvalue weighted by molar-refractivity contribution is 7.22. The highest BCUT2D eigenvalue weighted by Crippen LogP contribution is 2.39. The van der Waals surface area contributed by atoms with E-state index in [0.29, 0.717) is 11.3 Å². The lowest BCUT2D eigenvalue weighted by atomic mass is 10.3. The second kappa shape index (κ2) is 9.41. The van der Waals surface area contributed by atoms with Crippen molar-refractivity contribution in [1.29, 1.82) is 0 Å². The van der Waals surface area contributed by atoms with E-state index in [1.54, 1.807) is 12.3 Å². The van der Waals surface area contributed by atoms with Gasteiger partial charge in [0.15, 0.2) is 11.6 Å². The molecule has 0 fully saturated rings. The van der Waals surface area contributed by atoms with Gasteiger partial charge in [-0.25, -0.2) is 9.37 Å². The van der Waals surface area contributed by atoms with Crippen LogP contribution in [0.1, 0.15) is 13.8 Å². The Bertz CT molecular complexity index is 1250. The number of nitrogens with zero attached hydrogens (tertiary/aromatic N) is 5. The second-order valence-corrected chi connectivity index (χ2v) is 8.18. The summed E-state index contributed by atoms with van der Waals surface area (Å²) in [6, 6.07) is 6.88. The monoisotopic (exact) mass is 455 g/mol. The zero-order chi connectivity index (χ0) is 22.7. The molecular formula is C22H22FN5O3S. The van der Waals surface area contributed by atoms with Crippen LogP contribution in [0.2, 0.25) is 0 Å². The minimum atomic E-state index is -0.798. The van der Waals surface area contributed by atoms with Gasteiger partial charge in [-0.05, 0) is 25.2 Å². The van der Waals surface area contributed by atoms with Crippen molar-refractivity contribution in [2.24, 2.45) is 0 Å². The number of hydrogen-bond donors (Lipinski definition) is 0. The van der Waals surface area contributed by atoms with Crippen LogP contribution in [0.15, 0.2) is 49.1 Å². The number of benzene rings is 1. The van der Waals surface area contributed by atoms with Gasteiger partial charge in [0.1, 0.15) is 5.75 Å². The average Bonchev–Trinajstić information content (AvgIpc) is 3.43. The molecule has 0 spiro atoms. The van der Waals surface area contributed by atoms with Crippen LogP contribution in [-0.4, -0.2) is 44.0 Å². The summed E-state index contributed by atoms with van der Waals surface area (Å²) in [5, 5.41) is 10.8. The number of imidazole rings is 1. The first kappa shape index (κ1) is 21.8. The van der Waals surface area contributed by atoms with Gasteiger partial charge in [0.05, 0.1) is 38.1 Å². The summed E-state index contributed by atoms with van der Waals surface area (Å²) in [6.45, 7) is 8.13. The van der Waals surface area contributed by atoms with Gasteiger partial charge < -0.3 is 14.2 Å². The predicted molar refractivity (Wildman–Crippen MR) is 122 cm³/mol. The third-order valence-electron chi connectivity index (χ3n) is 5.18. The molecule has 3 aromatic heterocycles. The van der Waals surface area contributed by atoms with E-state index in [1.165, 1.54) is 23.5 Å². The van der Waals surface area contributed by atoms with E-state index >= 15 is 0 Å². The molecule has 0 saturated carbocycles. The number of fused-ring (bicyclic) bond motifs is 1. The lowest BCUT2D eigenvalue weighted by Crippen LogP contribution is -2.26. The van der Waals surface area contributed by atoms with Gasteiger partial charge in [0.25, 0.3) is 5.69 Å². The van der Waals surface area contributed by atoms with E-state index in [0.717, 1.165) is 47.5 Å². The van der Waals surface area contributed by atoms with E-state index in [9.17, 15) is 14.5 Å². The smallest absolute Gasteiger partial charge is 0.272 e. The van der Waals surface area contributed by atoms with Crippen LogP contribution >= 0.6 is 11.3 Å². The number of ether oxygens (including phenoxy) is 1. The van der Waals surface area contributed by atoms with Crippen LogP contribution in [0.4, 0.5) is 10.1 Å². The van der Waals surface area contributed by atoms with Crippen LogP contribution in [-0.2, 0) is 6.54 Å². The van der Waals surface area contributed by atoms with E-state index in [4.69, 9.17) is 4.74 Å².